The van der Waals surface area contributed by atoms with Gasteiger partial charge in [0, 0.05) is 32.4 Å². The summed E-state index contributed by atoms with van der Waals surface area (Å²) < 4.78 is 43.2. The van der Waals surface area contributed by atoms with Crippen LogP contribution < -0.4 is 4.90 Å². The van der Waals surface area contributed by atoms with Gasteiger partial charge in [-0.3, -0.25) is 14.9 Å². The highest BCUT2D eigenvalue weighted by atomic mass is 35.5. The molecule has 1 fully saturated rings. The minimum atomic E-state index is -4.54. The summed E-state index contributed by atoms with van der Waals surface area (Å²) in [6.07, 6.45) is -3.31. The van der Waals surface area contributed by atoms with Crippen LogP contribution in [0.1, 0.15) is 22.5 Å². The molecule has 0 unspecified atom stereocenters. The Bertz CT molecular complexity index is 902. The normalized spacial score (nSPS) is 15.4. The van der Waals surface area contributed by atoms with Crippen molar-refractivity contribution in [3.05, 3.63) is 50.9 Å². The number of hydrogen-bond acceptors (Lipinski definition) is 6. The van der Waals surface area contributed by atoms with Gasteiger partial charge in [-0.1, -0.05) is 11.6 Å². The van der Waals surface area contributed by atoms with Gasteiger partial charge in [0.05, 0.1) is 16.7 Å². The molecule has 0 aromatic carbocycles. The average Bonchev–Trinajstić information content (AvgIpc) is 3.00. The molecule has 3 rings (SSSR count). The molecule has 0 saturated carbocycles. The predicted octanol–water partition coefficient (Wildman–Crippen LogP) is 3.61. The summed E-state index contributed by atoms with van der Waals surface area (Å²) in [4.78, 5) is 29.4. The highest BCUT2D eigenvalue weighted by Crippen LogP contribution is 2.33. The van der Waals surface area contributed by atoms with Gasteiger partial charge in [0.15, 0.2) is 5.76 Å². The van der Waals surface area contributed by atoms with Gasteiger partial charge in [-0.25, -0.2) is 4.98 Å². The fourth-order valence-electron chi connectivity index (χ4n) is 2.85. The monoisotopic (exact) mass is 418 g/mol. The first-order chi connectivity index (χ1) is 13.2. The van der Waals surface area contributed by atoms with Gasteiger partial charge < -0.3 is 14.2 Å². The Morgan fingerprint density at radius 2 is 2.00 bits per heavy atom. The predicted molar refractivity (Wildman–Crippen MR) is 92.3 cm³/mol. The van der Waals surface area contributed by atoms with Crippen LogP contribution in [0, 0.1) is 10.1 Å². The quantitative estimate of drug-likeness (QED) is 0.558. The molecule has 0 atom stereocenters. The van der Waals surface area contributed by atoms with Gasteiger partial charge in [0.2, 0.25) is 0 Å². The smallest absolute Gasteiger partial charge is 0.395 e. The number of halogens is 4. The van der Waals surface area contributed by atoms with Crippen LogP contribution in [-0.4, -0.2) is 46.9 Å². The minimum absolute atomic E-state index is 0.128. The van der Waals surface area contributed by atoms with Crippen LogP contribution in [0.3, 0.4) is 0 Å². The van der Waals surface area contributed by atoms with Crippen molar-refractivity contribution in [2.24, 2.45) is 0 Å². The van der Waals surface area contributed by atoms with Crippen molar-refractivity contribution in [1.82, 2.24) is 9.88 Å². The van der Waals surface area contributed by atoms with E-state index in [1.807, 2.05) is 0 Å². The van der Waals surface area contributed by atoms with E-state index in [0.29, 0.717) is 19.5 Å². The molecule has 0 bridgehead atoms. The number of rotatable bonds is 3. The SMILES string of the molecule is O=C(c1ccc([N+](=O)[O-])o1)N1CCCN(c2ncc(C(F)(F)F)cc2Cl)CC1. The summed E-state index contributed by atoms with van der Waals surface area (Å²) in [5.74, 6) is -0.967. The highest BCUT2D eigenvalue weighted by molar-refractivity contribution is 6.33. The van der Waals surface area contributed by atoms with Gasteiger partial charge in [-0.15, -0.1) is 0 Å². The fourth-order valence-corrected chi connectivity index (χ4v) is 3.13. The standard InChI is InChI=1S/C16H14ClF3N4O4/c17-11-8-10(16(18,19)20)9-21-14(11)22-4-1-5-23(7-6-22)15(25)12-2-3-13(28-12)24(26)27/h2-3,8-9H,1,4-7H2. The largest absolute Gasteiger partial charge is 0.433 e. The lowest BCUT2D eigenvalue weighted by Crippen LogP contribution is -2.35. The first-order valence-electron chi connectivity index (χ1n) is 8.18. The number of hydrogen-bond donors (Lipinski definition) is 0. The van der Waals surface area contributed by atoms with Crippen molar-refractivity contribution in [2.75, 3.05) is 31.1 Å². The van der Waals surface area contributed by atoms with Crippen LogP contribution in [0.5, 0.6) is 0 Å². The average molecular weight is 419 g/mol. The van der Waals surface area contributed by atoms with Crippen LogP contribution >= 0.6 is 11.6 Å². The number of nitro groups is 1. The Morgan fingerprint density at radius 1 is 1.25 bits per heavy atom. The zero-order chi connectivity index (χ0) is 20.5. The Balaban J connectivity index is 1.71. The second-order valence-corrected chi connectivity index (χ2v) is 6.46. The van der Waals surface area contributed by atoms with E-state index in [1.54, 1.807) is 4.90 Å². The fraction of sp³-hybridized carbons (Fsp3) is 0.375. The second kappa shape index (κ2) is 7.66. The van der Waals surface area contributed by atoms with E-state index in [4.69, 9.17) is 16.0 Å². The molecule has 0 aliphatic carbocycles. The van der Waals surface area contributed by atoms with Gasteiger partial charge in [-0.2, -0.15) is 13.2 Å². The third-order valence-corrected chi connectivity index (χ3v) is 4.49. The van der Waals surface area contributed by atoms with Crippen molar-refractivity contribution in [3.8, 4) is 0 Å². The molecular weight excluding hydrogens is 405 g/mol. The number of carbonyl (C=O) groups excluding carboxylic acids is 1. The molecule has 2 aromatic heterocycles. The van der Waals surface area contributed by atoms with Gasteiger partial charge >= 0.3 is 12.1 Å². The molecule has 0 spiro atoms. The van der Waals surface area contributed by atoms with E-state index in [1.165, 1.54) is 11.0 Å². The number of pyridine rings is 1. The van der Waals surface area contributed by atoms with E-state index < -0.39 is 28.5 Å². The summed E-state index contributed by atoms with van der Waals surface area (Å²) in [6.45, 7) is 1.29. The number of carbonyl (C=O) groups is 1. The van der Waals surface area contributed by atoms with E-state index in [-0.39, 0.29) is 29.7 Å². The van der Waals surface area contributed by atoms with E-state index >= 15 is 0 Å². The molecule has 8 nitrogen and oxygen atoms in total. The molecule has 12 heteroatoms. The van der Waals surface area contributed by atoms with Crippen molar-refractivity contribution in [3.63, 3.8) is 0 Å². The molecule has 2 aromatic rings. The summed E-state index contributed by atoms with van der Waals surface area (Å²) >= 11 is 5.99. The minimum Gasteiger partial charge on any atom is -0.395 e. The van der Waals surface area contributed by atoms with Gasteiger partial charge in [0.1, 0.15) is 10.7 Å². The number of anilines is 1. The Morgan fingerprint density at radius 3 is 2.61 bits per heavy atom. The third kappa shape index (κ3) is 4.19. The number of nitrogens with zero attached hydrogens (tertiary/aromatic N) is 4. The molecule has 0 N–H and O–H groups in total. The lowest BCUT2D eigenvalue weighted by molar-refractivity contribution is -0.402. The molecule has 150 valence electrons. The summed E-state index contributed by atoms with van der Waals surface area (Å²) in [5.41, 5.74) is -0.938. The molecular formula is C16H14ClF3N4O4. The molecule has 1 saturated heterocycles. The maximum absolute atomic E-state index is 12.8. The van der Waals surface area contributed by atoms with Crippen molar-refractivity contribution in [1.29, 1.82) is 0 Å². The van der Waals surface area contributed by atoms with Crippen LogP contribution in [-0.2, 0) is 6.18 Å². The van der Waals surface area contributed by atoms with Crippen molar-refractivity contribution in [2.45, 2.75) is 12.6 Å². The Kier molecular flexibility index (Phi) is 5.45. The zero-order valence-electron chi connectivity index (χ0n) is 14.3. The summed E-state index contributed by atoms with van der Waals surface area (Å²) in [6, 6.07) is 3.15. The lowest BCUT2D eigenvalue weighted by Gasteiger charge is -2.23. The number of furan rings is 1. The van der Waals surface area contributed by atoms with Crippen LogP contribution in [0.2, 0.25) is 5.02 Å². The number of alkyl halides is 3. The molecule has 1 aliphatic heterocycles. The Hall–Kier alpha value is -2.82. The third-order valence-electron chi connectivity index (χ3n) is 4.21. The lowest BCUT2D eigenvalue weighted by atomic mass is 10.2. The molecule has 1 amide bonds. The van der Waals surface area contributed by atoms with Crippen LogP contribution in [0.25, 0.3) is 0 Å². The van der Waals surface area contributed by atoms with E-state index in [0.717, 1.165) is 18.3 Å². The first-order valence-corrected chi connectivity index (χ1v) is 8.56. The zero-order valence-corrected chi connectivity index (χ0v) is 15.0. The maximum atomic E-state index is 12.8. The van der Waals surface area contributed by atoms with Gasteiger partial charge in [-0.05, 0) is 18.6 Å². The molecule has 0 radical (unpaired) electrons. The summed E-state index contributed by atoms with van der Waals surface area (Å²) in [7, 11) is 0. The van der Waals surface area contributed by atoms with Gasteiger partial charge in [0.25, 0.3) is 5.91 Å². The Labute approximate surface area is 161 Å². The van der Waals surface area contributed by atoms with Crippen molar-refractivity contribution < 1.29 is 27.3 Å². The van der Waals surface area contributed by atoms with Crippen LogP contribution in [0.4, 0.5) is 24.9 Å². The maximum Gasteiger partial charge on any atom is 0.433 e. The highest BCUT2D eigenvalue weighted by Gasteiger charge is 2.32. The number of aromatic nitrogens is 1. The molecule has 1 aliphatic rings. The summed E-state index contributed by atoms with van der Waals surface area (Å²) in [5, 5.41) is 10.5. The van der Waals surface area contributed by atoms with Crippen LogP contribution in [0.15, 0.2) is 28.8 Å². The topological polar surface area (TPSA) is 92.7 Å². The van der Waals surface area contributed by atoms with Crippen molar-refractivity contribution >= 4 is 29.2 Å². The molecule has 3 heterocycles. The van der Waals surface area contributed by atoms with E-state index in [9.17, 15) is 28.1 Å². The number of amides is 1. The van der Waals surface area contributed by atoms with E-state index in [2.05, 4.69) is 4.98 Å². The molecule has 28 heavy (non-hydrogen) atoms. The first kappa shape index (κ1) is 19.9. The second-order valence-electron chi connectivity index (χ2n) is 6.05.